The Bertz CT molecular complexity index is 578. The molecule has 1 aromatic carbocycles. The number of pyridine rings is 1. The van der Waals surface area contributed by atoms with Crippen LogP contribution in [0.1, 0.15) is 0 Å². The van der Waals surface area contributed by atoms with Gasteiger partial charge in [-0.05, 0) is 28.1 Å². The number of aromatic nitrogens is 1. The SMILES string of the molecule is Clc1nc(Cl)c(Cl)c(Nc2ccccc2Br)c1Cl. The van der Waals surface area contributed by atoms with Crippen molar-refractivity contribution in [3.8, 4) is 0 Å². The minimum atomic E-state index is 0.0978. The number of halogens is 5. The van der Waals surface area contributed by atoms with Gasteiger partial charge >= 0.3 is 0 Å². The molecule has 0 fully saturated rings. The number of nitrogens with zero attached hydrogens (tertiary/aromatic N) is 1. The zero-order chi connectivity index (χ0) is 13.3. The van der Waals surface area contributed by atoms with Gasteiger partial charge in [-0.2, -0.15) is 0 Å². The lowest BCUT2D eigenvalue weighted by Crippen LogP contribution is -1.96. The van der Waals surface area contributed by atoms with E-state index in [4.69, 9.17) is 46.4 Å². The summed E-state index contributed by atoms with van der Waals surface area (Å²) in [6.45, 7) is 0. The zero-order valence-corrected chi connectivity index (χ0v) is 13.3. The van der Waals surface area contributed by atoms with Crippen molar-refractivity contribution in [2.45, 2.75) is 0 Å². The summed E-state index contributed by atoms with van der Waals surface area (Å²) in [6, 6.07) is 7.51. The van der Waals surface area contributed by atoms with Crippen LogP contribution in [0, 0.1) is 0 Å². The van der Waals surface area contributed by atoms with Gasteiger partial charge in [0.2, 0.25) is 0 Å². The summed E-state index contributed by atoms with van der Waals surface area (Å²) < 4.78 is 0.862. The predicted octanol–water partition coefficient (Wildman–Crippen LogP) is 6.20. The molecule has 0 aliphatic carbocycles. The maximum Gasteiger partial charge on any atom is 0.151 e. The van der Waals surface area contributed by atoms with Gasteiger partial charge in [0, 0.05) is 4.47 Å². The Balaban J connectivity index is 2.50. The summed E-state index contributed by atoms with van der Waals surface area (Å²) >= 11 is 27.2. The summed E-state index contributed by atoms with van der Waals surface area (Å²) in [6.07, 6.45) is 0. The summed E-state index contributed by atoms with van der Waals surface area (Å²) in [5.41, 5.74) is 1.22. The number of hydrogen-bond donors (Lipinski definition) is 1. The van der Waals surface area contributed by atoms with Gasteiger partial charge in [0.25, 0.3) is 0 Å². The third kappa shape index (κ3) is 2.86. The fourth-order valence-electron chi connectivity index (χ4n) is 1.29. The molecular formula is C11H5BrCl4N2. The molecule has 2 nitrogen and oxygen atoms in total. The maximum atomic E-state index is 6.06. The molecular weight excluding hydrogens is 382 g/mol. The van der Waals surface area contributed by atoms with E-state index in [1.807, 2.05) is 24.3 Å². The number of hydrogen-bond acceptors (Lipinski definition) is 2. The van der Waals surface area contributed by atoms with Gasteiger partial charge in [0.1, 0.15) is 10.0 Å². The van der Waals surface area contributed by atoms with Gasteiger partial charge in [0.05, 0.1) is 11.4 Å². The molecule has 0 bridgehead atoms. The van der Waals surface area contributed by atoms with Gasteiger partial charge in [-0.3, -0.25) is 0 Å². The number of rotatable bonds is 2. The number of nitrogens with one attached hydrogen (secondary N) is 1. The summed E-state index contributed by atoms with van der Waals surface area (Å²) in [7, 11) is 0. The Morgan fingerprint density at radius 2 is 1.50 bits per heavy atom. The summed E-state index contributed by atoms with van der Waals surface area (Å²) in [5, 5.41) is 3.71. The Hall–Kier alpha value is -0.190. The summed E-state index contributed by atoms with van der Waals surface area (Å²) in [4.78, 5) is 3.81. The Morgan fingerprint density at radius 3 is 2.06 bits per heavy atom. The number of benzene rings is 1. The monoisotopic (exact) mass is 384 g/mol. The Kier molecular flexibility index (Phi) is 4.62. The number of para-hydroxylation sites is 1. The highest BCUT2D eigenvalue weighted by Gasteiger charge is 2.16. The van der Waals surface area contributed by atoms with E-state index in [0.29, 0.717) is 5.69 Å². The molecule has 0 unspecified atom stereocenters. The molecule has 0 spiro atoms. The fourth-order valence-corrected chi connectivity index (χ4v) is 2.50. The van der Waals surface area contributed by atoms with Crippen molar-refractivity contribution >= 4 is 73.7 Å². The van der Waals surface area contributed by atoms with Gasteiger partial charge in [-0.15, -0.1) is 0 Å². The molecule has 0 aliphatic heterocycles. The lowest BCUT2D eigenvalue weighted by molar-refractivity contribution is 1.32. The first-order chi connectivity index (χ1) is 8.50. The Morgan fingerprint density at radius 1 is 0.944 bits per heavy atom. The zero-order valence-electron chi connectivity index (χ0n) is 8.65. The van der Waals surface area contributed by atoms with Crippen LogP contribution in [0.2, 0.25) is 20.4 Å². The van der Waals surface area contributed by atoms with Crippen LogP contribution in [0.5, 0.6) is 0 Å². The molecule has 2 rings (SSSR count). The largest absolute Gasteiger partial charge is 0.352 e. The smallest absolute Gasteiger partial charge is 0.151 e. The third-order valence-corrected chi connectivity index (χ3v) is 4.30. The van der Waals surface area contributed by atoms with Crippen molar-refractivity contribution in [3.05, 3.63) is 49.1 Å². The normalized spacial score (nSPS) is 10.5. The average molecular weight is 387 g/mol. The van der Waals surface area contributed by atoms with E-state index in [1.54, 1.807) is 0 Å². The van der Waals surface area contributed by atoms with Crippen molar-refractivity contribution in [2.75, 3.05) is 5.32 Å². The van der Waals surface area contributed by atoms with Crippen molar-refractivity contribution in [3.63, 3.8) is 0 Å². The summed E-state index contributed by atoms with van der Waals surface area (Å²) in [5.74, 6) is 0. The van der Waals surface area contributed by atoms with Crippen LogP contribution in [0.25, 0.3) is 0 Å². The second kappa shape index (κ2) is 5.85. The van der Waals surface area contributed by atoms with Crippen LogP contribution in [-0.4, -0.2) is 4.98 Å². The minimum Gasteiger partial charge on any atom is -0.352 e. The molecule has 0 atom stereocenters. The van der Waals surface area contributed by atoms with E-state index in [1.165, 1.54) is 0 Å². The topological polar surface area (TPSA) is 24.9 Å². The van der Waals surface area contributed by atoms with Crippen LogP contribution in [0.4, 0.5) is 11.4 Å². The minimum absolute atomic E-state index is 0.0978. The molecule has 18 heavy (non-hydrogen) atoms. The average Bonchev–Trinajstić information content (AvgIpc) is 2.34. The van der Waals surface area contributed by atoms with Gasteiger partial charge in [-0.1, -0.05) is 58.5 Å². The molecule has 7 heteroatoms. The van der Waals surface area contributed by atoms with E-state index >= 15 is 0 Å². The Labute approximate surface area is 132 Å². The molecule has 0 aliphatic rings. The maximum absolute atomic E-state index is 6.06. The standard InChI is InChI=1S/C11H5BrCl4N2/c12-5-3-1-2-4-6(5)17-9-7(13)10(15)18-11(16)8(9)14/h1-4H,(H,17,18). The molecule has 94 valence electrons. The third-order valence-electron chi connectivity index (χ3n) is 2.13. The first-order valence-corrected chi connectivity index (χ1v) is 7.02. The molecule has 1 heterocycles. The van der Waals surface area contributed by atoms with Gasteiger partial charge in [-0.25, -0.2) is 4.98 Å². The van der Waals surface area contributed by atoms with Crippen LogP contribution in [0.15, 0.2) is 28.7 Å². The van der Waals surface area contributed by atoms with Crippen LogP contribution in [0.3, 0.4) is 0 Å². The van der Waals surface area contributed by atoms with Crippen LogP contribution < -0.4 is 5.32 Å². The fraction of sp³-hybridized carbons (Fsp3) is 0. The van der Waals surface area contributed by atoms with Crippen molar-refractivity contribution in [1.29, 1.82) is 0 Å². The molecule has 0 radical (unpaired) electrons. The van der Waals surface area contributed by atoms with Gasteiger partial charge in [0.15, 0.2) is 10.3 Å². The lowest BCUT2D eigenvalue weighted by Gasteiger charge is -2.13. The second-order valence-corrected chi connectivity index (χ2v) is 5.63. The van der Waals surface area contributed by atoms with Crippen molar-refractivity contribution in [2.24, 2.45) is 0 Å². The lowest BCUT2D eigenvalue weighted by atomic mass is 10.3. The van der Waals surface area contributed by atoms with E-state index in [-0.39, 0.29) is 20.4 Å². The van der Waals surface area contributed by atoms with Crippen LogP contribution >= 0.6 is 62.3 Å². The highest BCUT2D eigenvalue weighted by molar-refractivity contribution is 9.10. The first-order valence-electron chi connectivity index (χ1n) is 4.72. The molecule has 0 saturated carbocycles. The molecule has 1 N–H and O–H groups in total. The van der Waals surface area contributed by atoms with Crippen molar-refractivity contribution in [1.82, 2.24) is 4.98 Å². The van der Waals surface area contributed by atoms with Crippen LogP contribution in [-0.2, 0) is 0 Å². The molecule has 2 aromatic rings. The predicted molar refractivity (Wildman–Crippen MR) is 81.7 cm³/mol. The van der Waals surface area contributed by atoms with Gasteiger partial charge < -0.3 is 5.32 Å². The molecule has 0 saturated heterocycles. The quantitative estimate of drug-likeness (QED) is 0.621. The first kappa shape index (κ1) is 14.2. The number of anilines is 2. The molecule has 0 amide bonds. The highest BCUT2D eigenvalue weighted by atomic mass is 79.9. The van der Waals surface area contributed by atoms with E-state index in [0.717, 1.165) is 10.2 Å². The van der Waals surface area contributed by atoms with E-state index in [2.05, 4.69) is 26.2 Å². The highest BCUT2D eigenvalue weighted by Crippen LogP contribution is 2.41. The second-order valence-electron chi connectivity index (χ2n) is 3.30. The van der Waals surface area contributed by atoms with E-state index in [9.17, 15) is 0 Å². The van der Waals surface area contributed by atoms with E-state index < -0.39 is 0 Å². The van der Waals surface area contributed by atoms with Crippen molar-refractivity contribution < 1.29 is 0 Å². The molecule has 1 aromatic heterocycles.